The summed E-state index contributed by atoms with van der Waals surface area (Å²) < 4.78 is 6.26. The van der Waals surface area contributed by atoms with E-state index in [4.69, 9.17) is 4.43 Å². The molecule has 2 nitrogen and oxygen atoms in total. The summed E-state index contributed by atoms with van der Waals surface area (Å²) in [5.74, 6) is 0.445. The summed E-state index contributed by atoms with van der Waals surface area (Å²) in [6, 6.07) is 0. The highest BCUT2D eigenvalue weighted by atomic mass is 28.4. The van der Waals surface area contributed by atoms with Gasteiger partial charge in [0.05, 0.1) is 6.10 Å². The highest BCUT2D eigenvalue weighted by Gasteiger charge is 2.36. The third kappa shape index (κ3) is 5.84. The van der Waals surface area contributed by atoms with Crippen LogP contribution in [0.3, 0.4) is 0 Å². The summed E-state index contributed by atoms with van der Waals surface area (Å²) in [6.07, 6.45) is 5.17. The molecule has 0 unspecified atom stereocenters. The second kappa shape index (κ2) is 6.71. The van der Waals surface area contributed by atoms with Crippen LogP contribution >= 0.6 is 0 Å². The lowest BCUT2D eigenvalue weighted by molar-refractivity contribution is 0.0217. The first kappa shape index (κ1) is 16.9. The molecule has 0 aliphatic carbocycles. The molecular formula is C14H30O2Si. The molecule has 0 aromatic heterocycles. The second-order valence-electron chi connectivity index (χ2n) is 6.37. The Bertz CT molecular complexity index is 241. The minimum atomic E-state index is -1.57. The number of aliphatic hydroxyl groups is 1. The summed E-state index contributed by atoms with van der Waals surface area (Å²) in [6.45, 7) is 15.5. The monoisotopic (exact) mass is 258 g/mol. The second-order valence-corrected chi connectivity index (χ2v) is 10.8. The molecule has 0 aromatic rings. The molecule has 2 atom stereocenters. The quantitative estimate of drug-likeness (QED) is 0.555. The van der Waals surface area contributed by atoms with Crippen LogP contribution in [-0.4, -0.2) is 26.1 Å². The molecule has 0 aliphatic heterocycles. The van der Waals surface area contributed by atoms with E-state index in [1.807, 2.05) is 6.92 Å². The maximum atomic E-state index is 9.23. The van der Waals surface area contributed by atoms with Crippen molar-refractivity contribution in [3.63, 3.8) is 0 Å². The van der Waals surface area contributed by atoms with E-state index in [1.54, 1.807) is 0 Å². The maximum absolute atomic E-state index is 9.23. The van der Waals surface area contributed by atoms with Crippen molar-refractivity contribution in [3.05, 3.63) is 12.2 Å². The molecule has 1 N–H and O–H groups in total. The Morgan fingerprint density at radius 2 is 1.82 bits per heavy atom. The van der Waals surface area contributed by atoms with Crippen LogP contribution in [0.25, 0.3) is 0 Å². The fourth-order valence-corrected chi connectivity index (χ4v) is 3.23. The molecule has 0 rings (SSSR count). The number of aliphatic hydroxyl groups excluding tert-OH is 1. The average molecular weight is 258 g/mol. The minimum Gasteiger partial charge on any atom is -0.414 e. The van der Waals surface area contributed by atoms with Crippen LogP contribution in [0, 0.1) is 11.3 Å². The summed E-state index contributed by atoms with van der Waals surface area (Å²) >= 11 is 0. The summed E-state index contributed by atoms with van der Waals surface area (Å²) in [5.41, 5.74) is 0.0511. The van der Waals surface area contributed by atoms with Crippen LogP contribution in [0.4, 0.5) is 0 Å². The highest BCUT2D eigenvalue weighted by molar-refractivity contribution is 6.69. The first-order chi connectivity index (χ1) is 7.65. The fraction of sp³-hybridized carbons (Fsp3) is 0.857. The predicted octanol–water partition coefficient (Wildman–Crippen LogP) is 3.83. The van der Waals surface area contributed by atoms with Gasteiger partial charge in [-0.2, -0.15) is 0 Å². The molecule has 0 heterocycles. The van der Waals surface area contributed by atoms with E-state index in [0.717, 1.165) is 6.42 Å². The van der Waals surface area contributed by atoms with Crippen LogP contribution in [0.2, 0.25) is 19.6 Å². The van der Waals surface area contributed by atoms with Gasteiger partial charge in [-0.3, -0.25) is 0 Å². The van der Waals surface area contributed by atoms with Gasteiger partial charge in [-0.05, 0) is 44.3 Å². The minimum absolute atomic E-state index is 0.0511. The van der Waals surface area contributed by atoms with Gasteiger partial charge in [-0.15, -0.1) is 0 Å². The van der Waals surface area contributed by atoms with E-state index in [-0.39, 0.29) is 18.1 Å². The number of hydrogen-bond donors (Lipinski definition) is 1. The molecule has 0 saturated heterocycles. The number of hydrogen-bond acceptors (Lipinski definition) is 2. The van der Waals surface area contributed by atoms with Gasteiger partial charge in [0.1, 0.15) is 0 Å². The average Bonchev–Trinajstić information content (AvgIpc) is 2.15. The van der Waals surface area contributed by atoms with Crippen LogP contribution in [0.15, 0.2) is 12.2 Å². The summed E-state index contributed by atoms with van der Waals surface area (Å²) in [7, 11) is -1.57. The van der Waals surface area contributed by atoms with Crippen molar-refractivity contribution in [2.24, 2.45) is 11.3 Å². The zero-order chi connectivity index (χ0) is 13.7. The van der Waals surface area contributed by atoms with E-state index in [9.17, 15) is 5.11 Å². The lowest BCUT2D eigenvalue weighted by Crippen LogP contribution is -2.43. The van der Waals surface area contributed by atoms with E-state index >= 15 is 0 Å². The molecular weight excluding hydrogens is 228 g/mol. The Kier molecular flexibility index (Phi) is 6.67. The third-order valence-electron chi connectivity index (χ3n) is 3.37. The van der Waals surface area contributed by atoms with Crippen LogP contribution < -0.4 is 0 Å². The lowest BCUT2D eigenvalue weighted by atomic mass is 9.74. The lowest BCUT2D eigenvalue weighted by Gasteiger charge is -2.41. The zero-order valence-electron chi connectivity index (χ0n) is 12.6. The SMILES string of the molecule is C/C=C/[C@H](C)C(C)(C)[C@H](CCO)O[Si](C)(C)C. The van der Waals surface area contributed by atoms with Crippen molar-refractivity contribution in [3.8, 4) is 0 Å². The van der Waals surface area contributed by atoms with E-state index in [2.05, 4.69) is 52.6 Å². The molecule has 0 saturated carbocycles. The molecule has 17 heavy (non-hydrogen) atoms. The molecule has 102 valence electrons. The van der Waals surface area contributed by atoms with E-state index in [1.165, 1.54) is 0 Å². The van der Waals surface area contributed by atoms with Crippen LogP contribution in [0.1, 0.15) is 34.1 Å². The molecule has 0 aliphatic rings. The first-order valence-electron chi connectivity index (χ1n) is 6.56. The standard InChI is InChI=1S/C14H30O2Si/c1-8-9-12(2)14(3,4)13(10-11-15)16-17(5,6)7/h8-9,12-13,15H,10-11H2,1-7H3/b9-8+/t12-,13-/m0/s1. The van der Waals surface area contributed by atoms with Crippen LogP contribution in [-0.2, 0) is 4.43 Å². The smallest absolute Gasteiger partial charge is 0.184 e. The Hall–Kier alpha value is -0.123. The highest BCUT2D eigenvalue weighted by Crippen LogP contribution is 2.36. The van der Waals surface area contributed by atoms with Crippen molar-refractivity contribution in [2.45, 2.75) is 59.9 Å². The molecule has 0 amide bonds. The van der Waals surface area contributed by atoms with Crippen molar-refractivity contribution >= 4 is 8.32 Å². The van der Waals surface area contributed by atoms with E-state index in [0.29, 0.717) is 5.92 Å². The van der Waals surface area contributed by atoms with Gasteiger partial charge in [0.2, 0.25) is 0 Å². The third-order valence-corrected chi connectivity index (χ3v) is 4.36. The summed E-state index contributed by atoms with van der Waals surface area (Å²) in [5, 5.41) is 9.23. The molecule has 0 spiro atoms. The topological polar surface area (TPSA) is 29.5 Å². The fourth-order valence-electron chi connectivity index (χ4n) is 1.96. The molecule has 0 aromatic carbocycles. The number of allylic oxidation sites excluding steroid dienone is 2. The molecule has 0 bridgehead atoms. The Morgan fingerprint density at radius 3 is 2.18 bits per heavy atom. The van der Waals surface area contributed by atoms with Crippen molar-refractivity contribution in [1.29, 1.82) is 0 Å². The Balaban J connectivity index is 4.89. The molecule has 0 radical (unpaired) electrons. The van der Waals surface area contributed by atoms with Gasteiger partial charge in [0, 0.05) is 6.61 Å². The van der Waals surface area contributed by atoms with Gasteiger partial charge in [0.15, 0.2) is 8.32 Å². The van der Waals surface area contributed by atoms with Gasteiger partial charge in [-0.25, -0.2) is 0 Å². The Labute approximate surface area is 108 Å². The number of rotatable bonds is 7. The van der Waals surface area contributed by atoms with Gasteiger partial charge in [0.25, 0.3) is 0 Å². The van der Waals surface area contributed by atoms with Gasteiger partial charge in [-0.1, -0.05) is 32.9 Å². The maximum Gasteiger partial charge on any atom is 0.184 e. The van der Waals surface area contributed by atoms with Gasteiger partial charge >= 0.3 is 0 Å². The van der Waals surface area contributed by atoms with Crippen LogP contribution in [0.5, 0.6) is 0 Å². The molecule has 0 fully saturated rings. The van der Waals surface area contributed by atoms with Crippen molar-refractivity contribution < 1.29 is 9.53 Å². The molecule has 3 heteroatoms. The zero-order valence-corrected chi connectivity index (χ0v) is 13.6. The van der Waals surface area contributed by atoms with Crippen molar-refractivity contribution in [1.82, 2.24) is 0 Å². The van der Waals surface area contributed by atoms with E-state index < -0.39 is 8.32 Å². The largest absolute Gasteiger partial charge is 0.414 e. The van der Waals surface area contributed by atoms with Gasteiger partial charge < -0.3 is 9.53 Å². The first-order valence-corrected chi connectivity index (χ1v) is 9.97. The van der Waals surface area contributed by atoms with Crippen molar-refractivity contribution in [2.75, 3.05) is 6.61 Å². The predicted molar refractivity (Wildman–Crippen MR) is 77.7 cm³/mol. The normalized spacial score (nSPS) is 17.4. The Morgan fingerprint density at radius 1 is 1.29 bits per heavy atom. The summed E-state index contributed by atoms with van der Waals surface area (Å²) in [4.78, 5) is 0.